The number of hydrogen-bond donors (Lipinski definition) is 0. The van der Waals surface area contributed by atoms with Gasteiger partial charge in [0, 0.05) is 10.6 Å². The molecular formula is C25H23Cl2FN2O2. The Kier molecular flexibility index (Phi) is 6.97. The van der Waals surface area contributed by atoms with Crippen LogP contribution in [0.3, 0.4) is 0 Å². The minimum atomic E-state index is -0.450. The van der Waals surface area contributed by atoms with E-state index in [0.29, 0.717) is 27.8 Å². The van der Waals surface area contributed by atoms with E-state index in [9.17, 15) is 9.18 Å². The highest BCUT2D eigenvalue weighted by Gasteiger charge is 2.28. The van der Waals surface area contributed by atoms with Gasteiger partial charge < -0.3 is 4.74 Å². The molecule has 1 aliphatic carbocycles. The predicted molar refractivity (Wildman–Crippen MR) is 126 cm³/mol. The molecule has 2 aromatic carbocycles. The van der Waals surface area contributed by atoms with Gasteiger partial charge in [-0.2, -0.15) is 5.10 Å². The number of fused-ring (bicyclic) bond motifs is 1. The quantitative estimate of drug-likeness (QED) is 0.378. The van der Waals surface area contributed by atoms with E-state index in [-0.39, 0.29) is 12.4 Å². The van der Waals surface area contributed by atoms with Gasteiger partial charge in [0.1, 0.15) is 5.82 Å². The monoisotopic (exact) mass is 472 g/mol. The maximum absolute atomic E-state index is 13.4. The molecule has 166 valence electrons. The van der Waals surface area contributed by atoms with Crippen molar-refractivity contribution in [1.29, 1.82) is 0 Å². The standard InChI is InChI=1S/C25H23Cl2FN2O2/c1-2-32-25(31)23-20-7-5-3-4-6-17(14-16-8-11-19(28)12-9-16)24(20)30(29-23)22-13-10-18(26)15-21(22)27/h8-15H,2-7H2,1H3. The van der Waals surface area contributed by atoms with Crippen molar-refractivity contribution >= 4 is 40.8 Å². The van der Waals surface area contributed by atoms with Gasteiger partial charge in [0.05, 0.1) is 23.0 Å². The first-order valence-corrected chi connectivity index (χ1v) is 11.4. The van der Waals surface area contributed by atoms with E-state index in [1.165, 1.54) is 12.1 Å². The van der Waals surface area contributed by atoms with Crippen molar-refractivity contribution in [3.05, 3.63) is 80.8 Å². The minimum absolute atomic E-state index is 0.264. The zero-order valence-electron chi connectivity index (χ0n) is 17.7. The number of carbonyl (C=O) groups excluding carboxylic acids is 1. The van der Waals surface area contributed by atoms with Gasteiger partial charge in [-0.1, -0.05) is 41.8 Å². The lowest BCUT2D eigenvalue weighted by molar-refractivity contribution is 0.0517. The van der Waals surface area contributed by atoms with Crippen molar-refractivity contribution in [2.75, 3.05) is 6.61 Å². The molecule has 3 aromatic rings. The SMILES string of the molecule is CCOC(=O)c1nn(-c2ccc(Cl)cc2Cl)c2c1CCCCCC2=Cc1ccc(F)cc1. The average molecular weight is 473 g/mol. The molecule has 32 heavy (non-hydrogen) atoms. The molecule has 0 saturated heterocycles. The highest BCUT2D eigenvalue weighted by atomic mass is 35.5. The maximum atomic E-state index is 13.4. The zero-order chi connectivity index (χ0) is 22.7. The van der Waals surface area contributed by atoms with Gasteiger partial charge in [0.15, 0.2) is 5.69 Å². The summed E-state index contributed by atoms with van der Waals surface area (Å²) in [6.45, 7) is 2.04. The minimum Gasteiger partial charge on any atom is -0.461 e. The largest absolute Gasteiger partial charge is 0.461 e. The molecule has 0 bridgehead atoms. The fourth-order valence-corrected chi connectivity index (χ4v) is 4.51. The summed E-state index contributed by atoms with van der Waals surface area (Å²) in [5.41, 5.74) is 4.51. The number of hydrogen-bond acceptors (Lipinski definition) is 3. The van der Waals surface area contributed by atoms with E-state index in [0.717, 1.165) is 48.1 Å². The topological polar surface area (TPSA) is 44.1 Å². The fourth-order valence-electron chi connectivity index (χ4n) is 4.02. The van der Waals surface area contributed by atoms with Crippen LogP contribution < -0.4 is 0 Å². The number of carbonyl (C=O) groups is 1. The number of halogens is 3. The van der Waals surface area contributed by atoms with Gasteiger partial charge in [0.2, 0.25) is 0 Å². The molecule has 0 amide bonds. The van der Waals surface area contributed by atoms with Crippen molar-refractivity contribution in [2.24, 2.45) is 0 Å². The fraction of sp³-hybridized carbons (Fsp3) is 0.280. The van der Waals surface area contributed by atoms with Crippen molar-refractivity contribution in [3.8, 4) is 5.69 Å². The molecule has 0 fully saturated rings. The molecule has 4 nitrogen and oxygen atoms in total. The number of benzene rings is 2. The molecule has 1 heterocycles. The third-order valence-electron chi connectivity index (χ3n) is 5.48. The third kappa shape index (κ3) is 4.74. The molecule has 0 unspecified atom stereocenters. The first kappa shape index (κ1) is 22.6. The smallest absolute Gasteiger partial charge is 0.359 e. The van der Waals surface area contributed by atoms with E-state index in [4.69, 9.17) is 27.9 Å². The number of aromatic nitrogens is 2. The predicted octanol–water partition coefficient (Wildman–Crippen LogP) is 7.15. The third-order valence-corrected chi connectivity index (χ3v) is 6.02. The molecule has 0 atom stereocenters. The first-order valence-electron chi connectivity index (χ1n) is 10.7. The van der Waals surface area contributed by atoms with E-state index in [1.807, 2.05) is 6.08 Å². The van der Waals surface area contributed by atoms with Crippen LogP contribution in [0.4, 0.5) is 4.39 Å². The number of ether oxygens (including phenoxy) is 1. The van der Waals surface area contributed by atoms with Crippen LogP contribution in [0.15, 0.2) is 42.5 Å². The Bertz CT molecular complexity index is 1170. The summed E-state index contributed by atoms with van der Waals surface area (Å²) in [5.74, 6) is -0.734. The van der Waals surface area contributed by atoms with E-state index >= 15 is 0 Å². The Morgan fingerprint density at radius 2 is 1.88 bits per heavy atom. The zero-order valence-corrected chi connectivity index (χ0v) is 19.2. The second-order valence-corrected chi connectivity index (χ2v) is 8.53. The van der Waals surface area contributed by atoms with Gasteiger partial charge >= 0.3 is 5.97 Å². The number of nitrogens with zero attached hydrogens (tertiary/aromatic N) is 2. The molecular weight excluding hydrogens is 450 g/mol. The van der Waals surface area contributed by atoms with Crippen molar-refractivity contribution in [2.45, 2.75) is 39.0 Å². The van der Waals surface area contributed by atoms with Crippen LogP contribution in [-0.4, -0.2) is 22.4 Å². The van der Waals surface area contributed by atoms with Crippen LogP contribution in [0.25, 0.3) is 17.3 Å². The lowest BCUT2D eigenvalue weighted by Gasteiger charge is -2.17. The highest BCUT2D eigenvalue weighted by Crippen LogP contribution is 2.36. The Balaban J connectivity index is 1.96. The summed E-state index contributed by atoms with van der Waals surface area (Å²) in [5, 5.41) is 5.62. The van der Waals surface area contributed by atoms with Crippen LogP contribution in [0.2, 0.25) is 10.0 Å². The molecule has 0 spiro atoms. The van der Waals surface area contributed by atoms with Crippen LogP contribution in [-0.2, 0) is 11.2 Å². The van der Waals surface area contributed by atoms with Crippen molar-refractivity contribution in [1.82, 2.24) is 9.78 Å². The number of allylic oxidation sites excluding steroid dienone is 1. The second-order valence-electron chi connectivity index (χ2n) is 7.69. The summed E-state index contributed by atoms with van der Waals surface area (Å²) in [6, 6.07) is 11.5. The molecule has 4 rings (SSSR count). The lowest BCUT2D eigenvalue weighted by atomic mass is 9.91. The summed E-state index contributed by atoms with van der Waals surface area (Å²) in [6.07, 6.45) is 6.51. The molecule has 1 aliphatic rings. The Hall–Kier alpha value is -2.63. The second kappa shape index (κ2) is 9.88. The number of esters is 1. The number of rotatable bonds is 4. The van der Waals surface area contributed by atoms with Crippen molar-refractivity contribution < 1.29 is 13.9 Å². The summed E-state index contributed by atoms with van der Waals surface area (Å²) >= 11 is 12.6. The van der Waals surface area contributed by atoms with E-state index < -0.39 is 5.97 Å². The van der Waals surface area contributed by atoms with Crippen LogP contribution in [0.1, 0.15) is 59.9 Å². The van der Waals surface area contributed by atoms with Gasteiger partial charge in [-0.3, -0.25) is 0 Å². The van der Waals surface area contributed by atoms with Crippen LogP contribution >= 0.6 is 23.2 Å². The van der Waals surface area contributed by atoms with Gasteiger partial charge in [0.25, 0.3) is 0 Å². The summed E-state index contributed by atoms with van der Waals surface area (Å²) in [4.78, 5) is 12.8. The van der Waals surface area contributed by atoms with E-state index in [2.05, 4.69) is 5.10 Å². The Labute approximate surface area is 196 Å². The maximum Gasteiger partial charge on any atom is 0.359 e. The first-order chi connectivity index (χ1) is 15.5. The van der Waals surface area contributed by atoms with Gasteiger partial charge in [-0.05, 0) is 80.2 Å². The van der Waals surface area contributed by atoms with Crippen molar-refractivity contribution in [3.63, 3.8) is 0 Å². The van der Waals surface area contributed by atoms with Crippen LogP contribution in [0, 0.1) is 5.82 Å². The molecule has 1 aromatic heterocycles. The highest BCUT2D eigenvalue weighted by molar-refractivity contribution is 6.35. The molecule has 7 heteroatoms. The Morgan fingerprint density at radius 1 is 1.12 bits per heavy atom. The Morgan fingerprint density at radius 3 is 2.59 bits per heavy atom. The summed E-state index contributed by atoms with van der Waals surface area (Å²) < 4.78 is 20.5. The van der Waals surface area contributed by atoms with Crippen LogP contribution in [0.5, 0.6) is 0 Å². The normalized spacial score (nSPS) is 15.2. The van der Waals surface area contributed by atoms with E-state index in [1.54, 1.807) is 41.9 Å². The summed E-state index contributed by atoms with van der Waals surface area (Å²) in [7, 11) is 0. The lowest BCUT2D eigenvalue weighted by Crippen LogP contribution is -2.09. The average Bonchev–Trinajstić information content (AvgIpc) is 3.11. The molecule has 0 aliphatic heterocycles. The molecule has 0 radical (unpaired) electrons. The molecule has 0 N–H and O–H groups in total. The van der Waals surface area contributed by atoms with Gasteiger partial charge in [-0.15, -0.1) is 0 Å². The van der Waals surface area contributed by atoms with Gasteiger partial charge in [-0.25, -0.2) is 13.9 Å². The molecule has 0 saturated carbocycles.